The lowest BCUT2D eigenvalue weighted by Crippen LogP contribution is -2.25. The van der Waals surface area contributed by atoms with Crippen molar-refractivity contribution in [2.75, 3.05) is 6.61 Å². The zero-order valence-electron chi connectivity index (χ0n) is 6.12. The van der Waals surface area contributed by atoms with Crippen LogP contribution in [0.5, 0.6) is 0 Å². The van der Waals surface area contributed by atoms with E-state index in [1.807, 2.05) is 6.92 Å². The Morgan fingerprint density at radius 3 is 2.40 bits per heavy atom. The second-order valence-electron chi connectivity index (χ2n) is 2.51. The van der Waals surface area contributed by atoms with Gasteiger partial charge in [-0.2, -0.15) is 5.48 Å². The van der Waals surface area contributed by atoms with Crippen LogP contribution in [0.25, 0.3) is 0 Å². The molecule has 2 unspecified atom stereocenters. The smallest absolute Gasteiger partial charge is 0.126 e. The maximum atomic E-state index is 8.76. The molecule has 0 aromatic carbocycles. The molecule has 0 rings (SSSR count). The third-order valence-corrected chi connectivity index (χ3v) is 1.39. The Balaban J connectivity index is 3.17. The average Bonchev–Trinajstić information content (AvgIpc) is 1.99. The molecule has 0 spiro atoms. The molecule has 10 heavy (non-hydrogen) atoms. The van der Waals surface area contributed by atoms with E-state index in [4.69, 9.17) is 15.4 Å². The van der Waals surface area contributed by atoms with Crippen LogP contribution >= 0.6 is 0 Å². The zero-order valence-corrected chi connectivity index (χ0v) is 6.12. The van der Waals surface area contributed by atoms with Crippen LogP contribution in [-0.4, -0.2) is 28.3 Å². The summed E-state index contributed by atoms with van der Waals surface area (Å²) >= 11 is 0. The van der Waals surface area contributed by atoms with Crippen molar-refractivity contribution in [1.82, 2.24) is 5.48 Å². The number of hydrogen-bond acceptors (Lipinski definition) is 4. The minimum atomic E-state index is -0.867. The Kier molecular flexibility index (Phi) is 5.52. The van der Waals surface area contributed by atoms with Gasteiger partial charge in [0, 0.05) is 6.61 Å². The fraction of sp³-hybridized carbons (Fsp3) is 1.00. The lowest BCUT2D eigenvalue weighted by atomic mass is 10.1. The maximum Gasteiger partial charge on any atom is 0.126 e. The number of hydroxylamine groups is 1. The predicted molar refractivity (Wildman–Crippen MR) is 36.4 cm³/mol. The third-order valence-electron chi connectivity index (χ3n) is 1.39. The van der Waals surface area contributed by atoms with Crippen molar-refractivity contribution in [2.24, 2.45) is 5.92 Å². The monoisotopic (exact) mass is 149 g/mol. The molecule has 0 amide bonds. The van der Waals surface area contributed by atoms with Crippen molar-refractivity contribution in [3.05, 3.63) is 0 Å². The zero-order chi connectivity index (χ0) is 7.98. The van der Waals surface area contributed by atoms with E-state index in [-0.39, 0.29) is 12.5 Å². The lowest BCUT2D eigenvalue weighted by Gasteiger charge is -2.10. The van der Waals surface area contributed by atoms with Crippen LogP contribution in [0.4, 0.5) is 0 Å². The normalized spacial score (nSPS) is 16.8. The molecule has 0 aromatic rings. The van der Waals surface area contributed by atoms with Crippen molar-refractivity contribution in [1.29, 1.82) is 0 Å². The van der Waals surface area contributed by atoms with Crippen molar-refractivity contribution in [2.45, 2.75) is 26.0 Å². The standard InChI is InChI=1S/C6H15NO3/c1-5(4-8)2-3-6(9)7-10/h5-10H,2-4H2,1H3. The van der Waals surface area contributed by atoms with E-state index in [2.05, 4.69) is 0 Å². The molecule has 0 heterocycles. The van der Waals surface area contributed by atoms with Gasteiger partial charge in [0.25, 0.3) is 0 Å². The van der Waals surface area contributed by atoms with E-state index in [9.17, 15) is 0 Å². The Bertz CT molecular complexity index is 69.4. The van der Waals surface area contributed by atoms with Crippen LogP contribution < -0.4 is 5.48 Å². The number of nitrogens with one attached hydrogen (secondary N) is 1. The quantitative estimate of drug-likeness (QED) is 0.319. The summed E-state index contributed by atoms with van der Waals surface area (Å²) in [6, 6.07) is 0. The molecule has 0 aromatic heterocycles. The summed E-state index contributed by atoms with van der Waals surface area (Å²) < 4.78 is 0. The molecular formula is C6H15NO3. The van der Waals surface area contributed by atoms with E-state index in [0.29, 0.717) is 12.8 Å². The van der Waals surface area contributed by atoms with Crippen molar-refractivity contribution in [3.63, 3.8) is 0 Å². The van der Waals surface area contributed by atoms with Gasteiger partial charge < -0.3 is 15.4 Å². The summed E-state index contributed by atoms with van der Waals surface area (Å²) in [4.78, 5) is 0. The molecule has 0 radical (unpaired) electrons. The highest BCUT2D eigenvalue weighted by molar-refractivity contribution is 4.53. The highest BCUT2D eigenvalue weighted by atomic mass is 16.5. The Morgan fingerprint density at radius 1 is 1.40 bits per heavy atom. The molecule has 0 aliphatic carbocycles. The first-order valence-corrected chi connectivity index (χ1v) is 3.39. The second kappa shape index (κ2) is 5.61. The van der Waals surface area contributed by atoms with Gasteiger partial charge in [-0.05, 0) is 18.8 Å². The molecule has 0 aliphatic rings. The number of aliphatic hydroxyl groups excluding tert-OH is 2. The van der Waals surface area contributed by atoms with E-state index >= 15 is 0 Å². The van der Waals surface area contributed by atoms with Crippen LogP contribution in [-0.2, 0) is 0 Å². The number of aliphatic hydroxyl groups is 2. The summed E-state index contributed by atoms with van der Waals surface area (Å²) in [5, 5.41) is 25.5. The molecule has 0 fully saturated rings. The minimum absolute atomic E-state index is 0.123. The molecule has 4 N–H and O–H groups in total. The first kappa shape index (κ1) is 9.84. The maximum absolute atomic E-state index is 8.76. The summed E-state index contributed by atoms with van der Waals surface area (Å²) in [6.45, 7) is 2.00. The molecule has 62 valence electrons. The Morgan fingerprint density at radius 2 is 2.00 bits per heavy atom. The first-order chi connectivity index (χ1) is 4.70. The SMILES string of the molecule is CC(CO)CCC(O)NO. The molecule has 0 aliphatic heterocycles. The molecule has 2 atom stereocenters. The van der Waals surface area contributed by atoms with Crippen LogP contribution in [0.15, 0.2) is 0 Å². The summed E-state index contributed by atoms with van der Waals surface area (Å²) in [7, 11) is 0. The van der Waals surface area contributed by atoms with Gasteiger partial charge in [0.05, 0.1) is 0 Å². The van der Waals surface area contributed by atoms with Crippen LogP contribution in [0, 0.1) is 5.92 Å². The number of hydrogen-bond donors (Lipinski definition) is 4. The minimum Gasteiger partial charge on any atom is -0.396 e. The van der Waals surface area contributed by atoms with E-state index in [1.54, 1.807) is 5.48 Å². The fourth-order valence-electron chi connectivity index (χ4n) is 0.598. The van der Waals surface area contributed by atoms with Gasteiger partial charge in [-0.15, -0.1) is 0 Å². The molecule has 0 saturated heterocycles. The van der Waals surface area contributed by atoms with E-state index in [1.165, 1.54) is 0 Å². The highest BCUT2D eigenvalue weighted by Gasteiger charge is 2.04. The van der Waals surface area contributed by atoms with Crippen LogP contribution in [0.1, 0.15) is 19.8 Å². The predicted octanol–water partition coefficient (Wildman–Crippen LogP) is -0.308. The van der Waals surface area contributed by atoms with E-state index < -0.39 is 6.23 Å². The van der Waals surface area contributed by atoms with Crippen LogP contribution in [0.2, 0.25) is 0 Å². The Labute approximate surface area is 60.5 Å². The highest BCUT2D eigenvalue weighted by Crippen LogP contribution is 2.04. The fourth-order valence-corrected chi connectivity index (χ4v) is 0.598. The van der Waals surface area contributed by atoms with Gasteiger partial charge in [-0.1, -0.05) is 6.92 Å². The first-order valence-electron chi connectivity index (χ1n) is 3.39. The average molecular weight is 149 g/mol. The molecule has 0 saturated carbocycles. The second-order valence-corrected chi connectivity index (χ2v) is 2.51. The van der Waals surface area contributed by atoms with Gasteiger partial charge >= 0.3 is 0 Å². The summed E-state index contributed by atoms with van der Waals surface area (Å²) in [5.74, 6) is 0.183. The van der Waals surface area contributed by atoms with Gasteiger partial charge in [-0.25, -0.2) is 0 Å². The van der Waals surface area contributed by atoms with Crippen LogP contribution in [0.3, 0.4) is 0 Å². The summed E-state index contributed by atoms with van der Waals surface area (Å²) in [6.07, 6.45) is 0.290. The summed E-state index contributed by atoms with van der Waals surface area (Å²) in [5.41, 5.74) is 1.72. The lowest BCUT2D eigenvalue weighted by molar-refractivity contribution is -0.00676. The Hall–Kier alpha value is -0.160. The van der Waals surface area contributed by atoms with Crippen molar-refractivity contribution in [3.8, 4) is 0 Å². The number of rotatable bonds is 5. The van der Waals surface area contributed by atoms with Gasteiger partial charge in [0.15, 0.2) is 0 Å². The molecule has 4 nitrogen and oxygen atoms in total. The molecular weight excluding hydrogens is 134 g/mol. The van der Waals surface area contributed by atoms with E-state index in [0.717, 1.165) is 0 Å². The largest absolute Gasteiger partial charge is 0.396 e. The molecule has 0 bridgehead atoms. The third kappa shape index (κ3) is 4.69. The topological polar surface area (TPSA) is 72.7 Å². The van der Waals surface area contributed by atoms with Crippen molar-refractivity contribution >= 4 is 0 Å². The van der Waals surface area contributed by atoms with Gasteiger partial charge in [0.1, 0.15) is 6.23 Å². The van der Waals surface area contributed by atoms with Crippen molar-refractivity contribution < 1.29 is 15.4 Å². The molecule has 4 heteroatoms. The van der Waals surface area contributed by atoms with Gasteiger partial charge in [0.2, 0.25) is 0 Å². The van der Waals surface area contributed by atoms with Gasteiger partial charge in [-0.3, -0.25) is 0 Å².